The Morgan fingerprint density at radius 2 is 0.857 bits per heavy atom. The number of cyclic esters (lactones) is 1. The number of rotatable bonds is 17. The Bertz CT molecular complexity index is 1650. The van der Waals surface area contributed by atoms with Crippen LogP contribution in [0.3, 0.4) is 0 Å². The fourth-order valence-electron chi connectivity index (χ4n) is 5.76. The van der Waals surface area contributed by atoms with Crippen molar-refractivity contribution in [3.63, 3.8) is 0 Å². The molecule has 0 amide bonds. The van der Waals surface area contributed by atoms with Crippen LogP contribution >= 0.6 is 0 Å². The third-order valence-electron chi connectivity index (χ3n) is 8.34. The monoisotopic (exact) mass is 658 g/mol. The molecule has 0 N–H and O–H groups in total. The van der Waals surface area contributed by atoms with Crippen molar-refractivity contribution in [3.05, 3.63) is 179 Å². The molecule has 1 aliphatic rings. The molecule has 5 atom stereocenters. The van der Waals surface area contributed by atoms with E-state index in [4.69, 9.17) is 28.4 Å². The Hall–Kier alpha value is -4.63. The summed E-state index contributed by atoms with van der Waals surface area (Å²) in [6.45, 7) is 1.55. The van der Waals surface area contributed by atoms with Gasteiger partial charge in [0.25, 0.3) is 0 Å². The standard InChI is InChI=1S/C42H42O7/c43-42-41(48-30-36-24-14-5-15-25-36)40(47-29-35-22-12-4-13-23-35)39(46-28-34-20-10-3-11-21-34)38(49-42)37(45-27-33-18-8-2-9-19-33)31-44-26-32-16-6-1-7-17-32/h1-25,37-41H,26-31H2/t37-,38+,39+,40-,41-/m0/s1. The zero-order chi connectivity index (χ0) is 33.5. The third kappa shape index (κ3) is 10.2. The number of carbonyl (C=O) groups excluding carboxylic acids is 1. The maximum Gasteiger partial charge on any atom is 0.338 e. The molecule has 0 radical (unpaired) electrons. The summed E-state index contributed by atoms with van der Waals surface area (Å²) in [4.78, 5) is 14.0. The van der Waals surface area contributed by atoms with Gasteiger partial charge in [0.2, 0.25) is 0 Å². The Labute approximate surface area is 288 Å². The summed E-state index contributed by atoms with van der Waals surface area (Å²) in [5.74, 6) is -0.532. The van der Waals surface area contributed by atoms with Crippen LogP contribution in [0.5, 0.6) is 0 Å². The Morgan fingerprint density at radius 3 is 1.33 bits per heavy atom. The summed E-state index contributed by atoms with van der Waals surface area (Å²) in [7, 11) is 0. The van der Waals surface area contributed by atoms with E-state index in [2.05, 4.69) is 0 Å². The highest BCUT2D eigenvalue weighted by molar-refractivity contribution is 5.77. The van der Waals surface area contributed by atoms with Gasteiger partial charge in [-0.3, -0.25) is 0 Å². The van der Waals surface area contributed by atoms with E-state index in [1.54, 1.807) is 0 Å². The smallest absolute Gasteiger partial charge is 0.338 e. The van der Waals surface area contributed by atoms with Crippen LogP contribution in [0.2, 0.25) is 0 Å². The van der Waals surface area contributed by atoms with Gasteiger partial charge >= 0.3 is 5.97 Å². The van der Waals surface area contributed by atoms with Gasteiger partial charge in [0.15, 0.2) is 12.2 Å². The molecule has 0 aromatic heterocycles. The van der Waals surface area contributed by atoms with Crippen molar-refractivity contribution >= 4 is 5.97 Å². The number of benzene rings is 5. The molecule has 0 saturated carbocycles. The summed E-state index contributed by atoms with van der Waals surface area (Å²) in [6.07, 6.45) is -4.13. The van der Waals surface area contributed by atoms with Gasteiger partial charge in [-0.15, -0.1) is 0 Å². The fraction of sp³-hybridized carbons (Fsp3) is 0.262. The van der Waals surface area contributed by atoms with Crippen molar-refractivity contribution in [2.75, 3.05) is 6.61 Å². The number of ether oxygens (including phenoxy) is 6. The molecule has 1 saturated heterocycles. The zero-order valence-electron chi connectivity index (χ0n) is 27.4. The maximum atomic E-state index is 14.0. The van der Waals surface area contributed by atoms with Crippen molar-refractivity contribution < 1.29 is 33.2 Å². The molecule has 7 nitrogen and oxygen atoms in total. The van der Waals surface area contributed by atoms with Crippen LogP contribution in [0.4, 0.5) is 0 Å². The van der Waals surface area contributed by atoms with Crippen LogP contribution in [0.15, 0.2) is 152 Å². The minimum Gasteiger partial charge on any atom is -0.455 e. The van der Waals surface area contributed by atoms with Crippen molar-refractivity contribution in [1.82, 2.24) is 0 Å². The lowest BCUT2D eigenvalue weighted by Gasteiger charge is -2.43. The second-order valence-electron chi connectivity index (χ2n) is 12.0. The topological polar surface area (TPSA) is 72.5 Å². The molecule has 49 heavy (non-hydrogen) atoms. The molecule has 6 rings (SSSR count). The second kappa shape index (κ2) is 18.2. The van der Waals surface area contributed by atoms with E-state index in [9.17, 15) is 4.79 Å². The molecular formula is C42H42O7. The zero-order valence-corrected chi connectivity index (χ0v) is 27.4. The maximum absolute atomic E-state index is 14.0. The largest absolute Gasteiger partial charge is 0.455 e. The van der Waals surface area contributed by atoms with Crippen molar-refractivity contribution in [2.45, 2.75) is 63.6 Å². The van der Waals surface area contributed by atoms with Gasteiger partial charge in [0.05, 0.1) is 39.6 Å². The summed E-state index contributed by atoms with van der Waals surface area (Å²) in [5.41, 5.74) is 4.88. The molecule has 5 aromatic carbocycles. The second-order valence-corrected chi connectivity index (χ2v) is 12.0. The molecule has 7 heteroatoms. The Kier molecular flexibility index (Phi) is 12.7. The van der Waals surface area contributed by atoms with E-state index in [0.29, 0.717) is 13.2 Å². The number of carbonyl (C=O) groups is 1. The fourth-order valence-corrected chi connectivity index (χ4v) is 5.76. The lowest BCUT2D eigenvalue weighted by molar-refractivity contribution is -0.252. The minimum absolute atomic E-state index is 0.159. The predicted molar refractivity (Wildman–Crippen MR) is 186 cm³/mol. The highest BCUT2D eigenvalue weighted by atomic mass is 16.6. The lowest BCUT2D eigenvalue weighted by Crippen LogP contribution is -2.62. The van der Waals surface area contributed by atoms with E-state index in [1.807, 2.05) is 152 Å². The normalized spacial score (nSPS) is 19.6. The number of esters is 1. The van der Waals surface area contributed by atoms with Crippen molar-refractivity contribution in [2.24, 2.45) is 0 Å². The van der Waals surface area contributed by atoms with E-state index in [0.717, 1.165) is 27.8 Å². The van der Waals surface area contributed by atoms with Gasteiger partial charge in [-0.25, -0.2) is 4.79 Å². The van der Waals surface area contributed by atoms with Crippen molar-refractivity contribution in [1.29, 1.82) is 0 Å². The average molecular weight is 659 g/mol. The van der Waals surface area contributed by atoms with Crippen molar-refractivity contribution in [3.8, 4) is 0 Å². The molecule has 0 spiro atoms. The van der Waals surface area contributed by atoms with E-state index in [-0.39, 0.29) is 26.4 Å². The number of hydrogen-bond donors (Lipinski definition) is 0. The van der Waals surface area contributed by atoms with Crippen LogP contribution in [0.25, 0.3) is 0 Å². The molecule has 0 bridgehead atoms. The van der Waals surface area contributed by atoms with E-state index >= 15 is 0 Å². The average Bonchev–Trinajstić information content (AvgIpc) is 3.16. The highest BCUT2D eigenvalue weighted by Crippen LogP contribution is 2.31. The van der Waals surface area contributed by atoms with Crippen LogP contribution in [-0.4, -0.2) is 43.1 Å². The third-order valence-corrected chi connectivity index (χ3v) is 8.34. The Balaban J connectivity index is 1.30. The van der Waals surface area contributed by atoms with Crippen LogP contribution < -0.4 is 0 Å². The van der Waals surface area contributed by atoms with Gasteiger partial charge in [-0.1, -0.05) is 152 Å². The first kappa shape index (κ1) is 34.2. The summed E-state index contributed by atoms with van der Waals surface area (Å²) in [5, 5.41) is 0. The molecule has 0 unspecified atom stereocenters. The first-order valence-electron chi connectivity index (χ1n) is 16.7. The molecular weight excluding hydrogens is 616 g/mol. The molecule has 0 aliphatic carbocycles. The number of hydrogen-bond acceptors (Lipinski definition) is 7. The van der Waals surface area contributed by atoms with E-state index in [1.165, 1.54) is 0 Å². The van der Waals surface area contributed by atoms with Crippen LogP contribution in [0.1, 0.15) is 27.8 Å². The first-order valence-corrected chi connectivity index (χ1v) is 16.7. The van der Waals surface area contributed by atoms with Gasteiger partial charge < -0.3 is 28.4 Å². The SMILES string of the molecule is O=C1O[C@H]([C@H](COCc2ccccc2)OCc2ccccc2)[C@@H](OCc2ccccc2)[C@H](OCc2ccccc2)[C@@H]1OCc1ccccc1. The summed E-state index contributed by atoms with van der Waals surface area (Å²) in [6, 6.07) is 49.3. The van der Waals surface area contributed by atoms with Gasteiger partial charge in [-0.05, 0) is 27.8 Å². The van der Waals surface area contributed by atoms with Gasteiger partial charge in [-0.2, -0.15) is 0 Å². The summed E-state index contributed by atoms with van der Waals surface area (Å²) >= 11 is 0. The van der Waals surface area contributed by atoms with Crippen LogP contribution in [0, 0.1) is 0 Å². The molecule has 252 valence electrons. The molecule has 1 fully saturated rings. The lowest BCUT2D eigenvalue weighted by atomic mass is 9.94. The van der Waals surface area contributed by atoms with Gasteiger partial charge in [0.1, 0.15) is 18.3 Å². The first-order chi connectivity index (χ1) is 24.2. The quantitative estimate of drug-likeness (QED) is 0.0961. The molecule has 1 heterocycles. The van der Waals surface area contributed by atoms with E-state index < -0.39 is 36.5 Å². The molecule has 1 aliphatic heterocycles. The molecule has 5 aromatic rings. The van der Waals surface area contributed by atoms with Gasteiger partial charge in [0, 0.05) is 0 Å². The predicted octanol–water partition coefficient (Wildman–Crippen LogP) is 7.47. The highest BCUT2D eigenvalue weighted by Gasteiger charge is 2.51. The minimum atomic E-state index is -1.04. The Morgan fingerprint density at radius 1 is 0.469 bits per heavy atom. The summed E-state index contributed by atoms with van der Waals surface area (Å²) < 4.78 is 38.6. The van der Waals surface area contributed by atoms with Crippen LogP contribution in [-0.2, 0) is 66.3 Å².